The molecule has 0 spiro atoms. The van der Waals surface area contributed by atoms with Crippen LogP contribution in [-0.2, 0) is 16.0 Å². The van der Waals surface area contributed by atoms with E-state index in [1.165, 1.54) is 0 Å². The minimum Gasteiger partial charge on any atom is -0.497 e. The van der Waals surface area contributed by atoms with Crippen molar-refractivity contribution < 1.29 is 14.3 Å². The molecule has 0 bridgehead atoms. The van der Waals surface area contributed by atoms with Crippen molar-refractivity contribution in [2.45, 2.75) is 39.0 Å². The molecule has 2 rings (SSSR count). The molecule has 1 atom stereocenters. The molecule has 1 saturated carbocycles. The summed E-state index contributed by atoms with van der Waals surface area (Å²) in [6, 6.07) is 7.61. The average Bonchev–Trinajstić information content (AvgIpc) is 2.42. The SMILES string of the molecule is COc1ccc(CC2(C(C)=O)CCCCC2=O)cc1. The van der Waals surface area contributed by atoms with Gasteiger partial charge in [0.2, 0.25) is 0 Å². The Labute approximate surface area is 114 Å². The van der Waals surface area contributed by atoms with E-state index in [4.69, 9.17) is 4.74 Å². The summed E-state index contributed by atoms with van der Waals surface area (Å²) in [4.78, 5) is 24.3. The van der Waals surface area contributed by atoms with Crippen LogP contribution in [0.3, 0.4) is 0 Å². The predicted molar refractivity (Wildman–Crippen MR) is 73.3 cm³/mol. The van der Waals surface area contributed by atoms with E-state index in [0.717, 1.165) is 24.2 Å². The molecule has 3 nitrogen and oxygen atoms in total. The Morgan fingerprint density at radius 3 is 2.47 bits per heavy atom. The van der Waals surface area contributed by atoms with Crippen molar-refractivity contribution in [3.63, 3.8) is 0 Å². The Kier molecular flexibility index (Phi) is 4.03. The van der Waals surface area contributed by atoms with E-state index >= 15 is 0 Å². The van der Waals surface area contributed by atoms with E-state index in [1.54, 1.807) is 14.0 Å². The first-order valence-electron chi connectivity index (χ1n) is 6.76. The molecule has 1 unspecified atom stereocenters. The Morgan fingerprint density at radius 1 is 1.26 bits per heavy atom. The number of rotatable bonds is 4. The van der Waals surface area contributed by atoms with Gasteiger partial charge >= 0.3 is 0 Å². The number of hydrogen-bond acceptors (Lipinski definition) is 3. The topological polar surface area (TPSA) is 43.4 Å². The van der Waals surface area contributed by atoms with Crippen molar-refractivity contribution in [1.29, 1.82) is 0 Å². The number of carbonyl (C=O) groups excluding carboxylic acids is 2. The van der Waals surface area contributed by atoms with Gasteiger partial charge in [0.1, 0.15) is 17.3 Å². The fraction of sp³-hybridized carbons (Fsp3) is 0.500. The first kappa shape index (κ1) is 13.8. The van der Waals surface area contributed by atoms with Crippen molar-refractivity contribution in [1.82, 2.24) is 0 Å². The molecule has 0 saturated heterocycles. The summed E-state index contributed by atoms with van der Waals surface area (Å²) in [5.41, 5.74) is 0.235. The van der Waals surface area contributed by atoms with Crippen LogP contribution in [0, 0.1) is 5.41 Å². The summed E-state index contributed by atoms with van der Waals surface area (Å²) in [5.74, 6) is 0.908. The van der Waals surface area contributed by atoms with E-state index < -0.39 is 5.41 Å². The van der Waals surface area contributed by atoms with Gasteiger partial charge in [0.05, 0.1) is 12.5 Å². The number of ether oxygens (including phenoxy) is 1. The van der Waals surface area contributed by atoms with Crippen LogP contribution in [0.15, 0.2) is 24.3 Å². The van der Waals surface area contributed by atoms with Gasteiger partial charge in [-0.15, -0.1) is 0 Å². The molecule has 1 aliphatic carbocycles. The maximum atomic E-state index is 12.2. The Balaban J connectivity index is 2.25. The largest absolute Gasteiger partial charge is 0.497 e. The zero-order chi connectivity index (χ0) is 13.9. The minimum atomic E-state index is -0.785. The molecule has 1 aromatic carbocycles. The van der Waals surface area contributed by atoms with Crippen LogP contribution in [0.5, 0.6) is 5.75 Å². The summed E-state index contributed by atoms with van der Waals surface area (Å²) in [5, 5.41) is 0. The van der Waals surface area contributed by atoms with Gasteiger partial charge in [0.15, 0.2) is 0 Å². The van der Waals surface area contributed by atoms with Gasteiger partial charge in [-0.05, 0) is 43.9 Å². The molecule has 19 heavy (non-hydrogen) atoms. The van der Waals surface area contributed by atoms with Crippen LogP contribution in [0.4, 0.5) is 0 Å². The second-order valence-electron chi connectivity index (χ2n) is 5.29. The Hall–Kier alpha value is -1.64. The van der Waals surface area contributed by atoms with Crippen LogP contribution >= 0.6 is 0 Å². The first-order valence-corrected chi connectivity index (χ1v) is 6.76. The van der Waals surface area contributed by atoms with Crippen molar-refractivity contribution in [3.8, 4) is 5.75 Å². The second kappa shape index (κ2) is 5.55. The van der Waals surface area contributed by atoms with Gasteiger partial charge in [-0.2, -0.15) is 0 Å². The highest BCUT2D eigenvalue weighted by molar-refractivity contribution is 6.06. The Morgan fingerprint density at radius 2 is 1.95 bits per heavy atom. The molecule has 1 aliphatic rings. The van der Waals surface area contributed by atoms with Crippen molar-refractivity contribution in [3.05, 3.63) is 29.8 Å². The molecule has 0 aromatic heterocycles. The Bertz CT molecular complexity index is 475. The maximum Gasteiger partial charge on any atom is 0.146 e. The number of carbonyl (C=O) groups is 2. The standard InChI is InChI=1S/C16H20O3/c1-12(17)16(10-4-3-5-15(16)18)11-13-6-8-14(19-2)9-7-13/h6-9H,3-5,10-11H2,1-2H3. The first-order chi connectivity index (χ1) is 9.08. The third-order valence-electron chi connectivity index (χ3n) is 4.13. The fourth-order valence-electron chi connectivity index (χ4n) is 2.87. The highest BCUT2D eigenvalue weighted by Crippen LogP contribution is 2.37. The summed E-state index contributed by atoms with van der Waals surface area (Å²) < 4.78 is 5.12. The van der Waals surface area contributed by atoms with Gasteiger partial charge in [-0.25, -0.2) is 0 Å². The summed E-state index contributed by atoms with van der Waals surface area (Å²) in [6.07, 6.45) is 3.62. The van der Waals surface area contributed by atoms with Crippen molar-refractivity contribution in [2.75, 3.05) is 7.11 Å². The molecule has 0 heterocycles. The normalized spacial score (nSPS) is 23.2. The highest BCUT2D eigenvalue weighted by Gasteiger charge is 2.43. The number of Topliss-reactive ketones (excluding diaryl/α,β-unsaturated/α-hetero) is 2. The van der Waals surface area contributed by atoms with E-state index in [9.17, 15) is 9.59 Å². The van der Waals surface area contributed by atoms with Crippen LogP contribution in [0.1, 0.15) is 38.2 Å². The quantitative estimate of drug-likeness (QED) is 0.782. The van der Waals surface area contributed by atoms with Crippen LogP contribution in [0.2, 0.25) is 0 Å². The molecule has 0 N–H and O–H groups in total. The summed E-state index contributed by atoms with van der Waals surface area (Å²) in [7, 11) is 1.62. The van der Waals surface area contributed by atoms with Gasteiger partial charge in [0, 0.05) is 6.42 Å². The molecule has 1 aromatic rings. The highest BCUT2D eigenvalue weighted by atomic mass is 16.5. The number of ketones is 2. The molecular formula is C16H20O3. The van der Waals surface area contributed by atoms with E-state index in [2.05, 4.69) is 0 Å². The molecule has 0 amide bonds. The molecule has 3 heteroatoms. The van der Waals surface area contributed by atoms with Crippen LogP contribution in [0.25, 0.3) is 0 Å². The van der Waals surface area contributed by atoms with Gasteiger partial charge in [-0.3, -0.25) is 9.59 Å². The van der Waals surface area contributed by atoms with E-state index in [0.29, 0.717) is 19.3 Å². The number of benzene rings is 1. The molecule has 0 radical (unpaired) electrons. The third kappa shape index (κ3) is 2.70. The molecule has 0 aliphatic heterocycles. The smallest absolute Gasteiger partial charge is 0.146 e. The number of hydrogen-bond donors (Lipinski definition) is 0. The lowest BCUT2D eigenvalue weighted by Gasteiger charge is -2.33. The van der Waals surface area contributed by atoms with Crippen LogP contribution < -0.4 is 4.74 Å². The number of methoxy groups -OCH3 is 1. The molecule has 1 fully saturated rings. The lowest BCUT2D eigenvalue weighted by Crippen LogP contribution is -2.42. The van der Waals surface area contributed by atoms with Gasteiger partial charge in [0.25, 0.3) is 0 Å². The fourth-order valence-corrected chi connectivity index (χ4v) is 2.87. The van der Waals surface area contributed by atoms with Crippen LogP contribution in [-0.4, -0.2) is 18.7 Å². The minimum absolute atomic E-state index is 0.00742. The monoisotopic (exact) mass is 260 g/mol. The van der Waals surface area contributed by atoms with Gasteiger partial charge in [-0.1, -0.05) is 18.6 Å². The van der Waals surface area contributed by atoms with E-state index in [-0.39, 0.29) is 11.6 Å². The zero-order valence-electron chi connectivity index (χ0n) is 11.6. The van der Waals surface area contributed by atoms with Gasteiger partial charge < -0.3 is 4.74 Å². The lowest BCUT2D eigenvalue weighted by atomic mass is 9.67. The van der Waals surface area contributed by atoms with Crippen molar-refractivity contribution in [2.24, 2.45) is 5.41 Å². The summed E-state index contributed by atoms with van der Waals surface area (Å²) >= 11 is 0. The summed E-state index contributed by atoms with van der Waals surface area (Å²) in [6.45, 7) is 1.55. The zero-order valence-corrected chi connectivity index (χ0v) is 11.6. The van der Waals surface area contributed by atoms with E-state index in [1.807, 2.05) is 24.3 Å². The van der Waals surface area contributed by atoms with Crippen molar-refractivity contribution >= 4 is 11.6 Å². The lowest BCUT2D eigenvalue weighted by molar-refractivity contribution is -0.142. The third-order valence-corrected chi connectivity index (χ3v) is 4.13. The molecular weight excluding hydrogens is 240 g/mol. The second-order valence-corrected chi connectivity index (χ2v) is 5.29. The molecule has 102 valence electrons. The predicted octanol–water partition coefficient (Wildman–Crippen LogP) is 2.96. The average molecular weight is 260 g/mol. The maximum absolute atomic E-state index is 12.2.